The zero-order valence-corrected chi connectivity index (χ0v) is 12.8. The van der Waals surface area contributed by atoms with Crippen LogP contribution in [-0.2, 0) is 0 Å². The molecule has 2 aromatic rings. The Balaban J connectivity index is 2.31. The number of hydrogen-bond acceptors (Lipinski definition) is 3. The lowest BCUT2D eigenvalue weighted by molar-refractivity contribution is 0.546. The largest absolute Gasteiger partial charge is 0.365 e. The molecule has 5 heteroatoms. The Kier molecular flexibility index (Phi) is 4.31. The normalized spacial score (nSPS) is 12.4. The smallest absolute Gasteiger partial charge is 0.330 e. The van der Waals surface area contributed by atoms with Crippen LogP contribution in [0.3, 0.4) is 0 Å². The number of aromatic amines is 1. The minimum Gasteiger partial charge on any atom is -0.365 e. The topological polar surface area (TPSA) is 66.9 Å². The SMILES string of the molecule is Cc1ccccc1C(C)Nc1cc(=O)n(C(C)C)c(=O)[nH]1. The van der Waals surface area contributed by atoms with Crippen LogP contribution in [0.4, 0.5) is 5.82 Å². The second kappa shape index (κ2) is 5.99. The predicted molar refractivity (Wildman–Crippen MR) is 84.9 cm³/mol. The maximum atomic E-state index is 12.0. The van der Waals surface area contributed by atoms with E-state index in [1.54, 1.807) is 13.8 Å². The molecule has 0 aliphatic carbocycles. The summed E-state index contributed by atoms with van der Waals surface area (Å²) in [5, 5.41) is 3.18. The average molecular weight is 287 g/mol. The molecule has 2 N–H and O–H groups in total. The van der Waals surface area contributed by atoms with Crippen LogP contribution in [0.5, 0.6) is 0 Å². The van der Waals surface area contributed by atoms with Crippen molar-refractivity contribution in [3.05, 3.63) is 62.3 Å². The second-order valence-electron chi connectivity index (χ2n) is 5.51. The van der Waals surface area contributed by atoms with Gasteiger partial charge in [0.25, 0.3) is 5.56 Å². The van der Waals surface area contributed by atoms with Crippen molar-refractivity contribution in [1.82, 2.24) is 9.55 Å². The monoisotopic (exact) mass is 287 g/mol. The van der Waals surface area contributed by atoms with Crippen molar-refractivity contribution in [2.75, 3.05) is 5.32 Å². The molecule has 0 aliphatic rings. The van der Waals surface area contributed by atoms with Crippen molar-refractivity contribution in [3.8, 4) is 0 Å². The van der Waals surface area contributed by atoms with E-state index >= 15 is 0 Å². The first-order chi connectivity index (χ1) is 9.90. The van der Waals surface area contributed by atoms with Gasteiger partial charge in [0, 0.05) is 12.1 Å². The molecule has 0 amide bonds. The zero-order chi connectivity index (χ0) is 15.6. The van der Waals surface area contributed by atoms with Crippen molar-refractivity contribution in [2.24, 2.45) is 0 Å². The first kappa shape index (κ1) is 15.1. The van der Waals surface area contributed by atoms with Gasteiger partial charge in [-0.25, -0.2) is 4.79 Å². The van der Waals surface area contributed by atoms with Crippen molar-refractivity contribution in [3.63, 3.8) is 0 Å². The summed E-state index contributed by atoms with van der Waals surface area (Å²) >= 11 is 0. The van der Waals surface area contributed by atoms with E-state index in [4.69, 9.17) is 0 Å². The third kappa shape index (κ3) is 3.24. The highest BCUT2D eigenvalue weighted by molar-refractivity contribution is 5.39. The molecule has 0 saturated heterocycles. The highest BCUT2D eigenvalue weighted by Gasteiger charge is 2.11. The number of rotatable bonds is 4. The Morgan fingerprint density at radius 3 is 2.38 bits per heavy atom. The maximum Gasteiger partial charge on any atom is 0.330 e. The molecule has 112 valence electrons. The molecule has 0 bridgehead atoms. The van der Waals surface area contributed by atoms with Crippen LogP contribution in [0, 0.1) is 6.92 Å². The summed E-state index contributed by atoms with van der Waals surface area (Å²) in [7, 11) is 0. The molecule has 0 spiro atoms. The lowest BCUT2D eigenvalue weighted by Crippen LogP contribution is -2.36. The van der Waals surface area contributed by atoms with Crippen LogP contribution in [-0.4, -0.2) is 9.55 Å². The van der Waals surface area contributed by atoms with E-state index in [1.165, 1.54) is 10.6 Å². The fraction of sp³-hybridized carbons (Fsp3) is 0.375. The molecule has 0 aliphatic heterocycles. The molecule has 1 unspecified atom stereocenters. The fourth-order valence-corrected chi connectivity index (χ4v) is 2.45. The van der Waals surface area contributed by atoms with Crippen molar-refractivity contribution < 1.29 is 0 Å². The number of H-pyrrole nitrogens is 1. The Hall–Kier alpha value is -2.30. The summed E-state index contributed by atoms with van der Waals surface area (Å²) in [6, 6.07) is 9.28. The van der Waals surface area contributed by atoms with Gasteiger partial charge in [-0.2, -0.15) is 0 Å². The Bertz CT molecular complexity index is 712. The number of nitrogens with one attached hydrogen (secondary N) is 2. The van der Waals surface area contributed by atoms with E-state index in [0.29, 0.717) is 5.82 Å². The summed E-state index contributed by atoms with van der Waals surface area (Å²) in [5.74, 6) is 0.442. The van der Waals surface area contributed by atoms with Gasteiger partial charge in [-0.15, -0.1) is 0 Å². The Morgan fingerprint density at radius 1 is 1.14 bits per heavy atom. The second-order valence-corrected chi connectivity index (χ2v) is 5.51. The standard InChI is InChI=1S/C16H21N3O2/c1-10(2)19-15(20)9-14(18-16(19)21)17-12(4)13-8-6-5-7-11(13)3/h5-10,12,17H,1-4H3,(H,18,21). The molecule has 21 heavy (non-hydrogen) atoms. The van der Waals surface area contributed by atoms with Crippen molar-refractivity contribution in [1.29, 1.82) is 0 Å². The minimum absolute atomic E-state index is 0.00356. The third-order valence-corrected chi connectivity index (χ3v) is 3.51. The molecular weight excluding hydrogens is 266 g/mol. The van der Waals surface area contributed by atoms with Gasteiger partial charge in [-0.3, -0.25) is 14.3 Å². The molecule has 1 atom stereocenters. The van der Waals surface area contributed by atoms with Gasteiger partial charge in [-0.05, 0) is 38.8 Å². The number of anilines is 1. The number of aryl methyl sites for hydroxylation is 1. The summed E-state index contributed by atoms with van der Waals surface area (Å²) in [6.07, 6.45) is 0. The summed E-state index contributed by atoms with van der Waals surface area (Å²) in [6.45, 7) is 7.64. The van der Waals surface area contributed by atoms with Gasteiger partial charge in [0.2, 0.25) is 0 Å². The van der Waals surface area contributed by atoms with Crippen molar-refractivity contribution >= 4 is 5.82 Å². The van der Waals surface area contributed by atoms with Crippen LogP contribution in [0.1, 0.15) is 44.0 Å². The summed E-state index contributed by atoms with van der Waals surface area (Å²) in [5.41, 5.74) is 1.60. The zero-order valence-electron chi connectivity index (χ0n) is 12.8. The number of benzene rings is 1. The van der Waals surface area contributed by atoms with E-state index in [-0.39, 0.29) is 17.6 Å². The highest BCUT2D eigenvalue weighted by Crippen LogP contribution is 2.19. The van der Waals surface area contributed by atoms with Crippen LogP contribution < -0.4 is 16.6 Å². The molecule has 1 aromatic heterocycles. The summed E-state index contributed by atoms with van der Waals surface area (Å²) in [4.78, 5) is 26.7. The van der Waals surface area contributed by atoms with Gasteiger partial charge in [0.05, 0.1) is 6.04 Å². The highest BCUT2D eigenvalue weighted by atomic mass is 16.2. The number of nitrogens with zero attached hydrogens (tertiary/aromatic N) is 1. The maximum absolute atomic E-state index is 12.0. The van der Waals surface area contributed by atoms with Gasteiger partial charge in [0.15, 0.2) is 0 Å². The molecule has 1 aromatic carbocycles. The van der Waals surface area contributed by atoms with Crippen LogP contribution >= 0.6 is 0 Å². The molecule has 1 heterocycles. The molecule has 0 saturated carbocycles. The molecule has 0 radical (unpaired) electrons. The average Bonchev–Trinajstić information content (AvgIpc) is 2.37. The Morgan fingerprint density at radius 2 is 1.81 bits per heavy atom. The molecule has 2 rings (SSSR count). The molecule has 5 nitrogen and oxygen atoms in total. The van der Waals surface area contributed by atoms with Gasteiger partial charge in [-0.1, -0.05) is 24.3 Å². The van der Waals surface area contributed by atoms with Crippen molar-refractivity contribution in [2.45, 2.75) is 39.8 Å². The van der Waals surface area contributed by atoms with E-state index < -0.39 is 5.69 Å². The Labute approximate surface area is 123 Å². The van der Waals surface area contributed by atoms with Crippen LogP contribution in [0.15, 0.2) is 39.9 Å². The number of hydrogen-bond donors (Lipinski definition) is 2. The third-order valence-electron chi connectivity index (χ3n) is 3.51. The van der Waals surface area contributed by atoms with E-state index in [0.717, 1.165) is 11.1 Å². The van der Waals surface area contributed by atoms with E-state index in [9.17, 15) is 9.59 Å². The van der Waals surface area contributed by atoms with Crippen LogP contribution in [0.2, 0.25) is 0 Å². The lowest BCUT2D eigenvalue weighted by atomic mass is 10.0. The summed E-state index contributed by atoms with van der Waals surface area (Å²) < 4.78 is 1.20. The van der Waals surface area contributed by atoms with E-state index in [1.807, 2.05) is 38.1 Å². The quantitative estimate of drug-likeness (QED) is 0.908. The van der Waals surface area contributed by atoms with E-state index in [2.05, 4.69) is 10.3 Å². The molecular formula is C16H21N3O2. The van der Waals surface area contributed by atoms with Gasteiger partial charge < -0.3 is 5.32 Å². The number of aromatic nitrogens is 2. The fourth-order valence-electron chi connectivity index (χ4n) is 2.45. The lowest BCUT2D eigenvalue weighted by Gasteiger charge is -2.18. The minimum atomic E-state index is -0.392. The predicted octanol–water partition coefficient (Wildman–Crippen LogP) is 2.60. The first-order valence-corrected chi connectivity index (χ1v) is 7.08. The first-order valence-electron chi connectivity index (χ1n) is 7.08. The molecule has 0 fully saturated rings. The van der Waals surface area contributed by atoms with Gasteiger partial charge in [0.1, 0.15) is 5.82 Å². The van der Waals surface area contributed by atoms with Gasteiger partial charge >= 0.3 is 5.69 Å². The van der Waals surface area contributed by atoms with Crippen LogP contribution in [0.25, 0.3) is 0 Å².